The molecule has 0 unspecified atom stereocenters. The quantitative estimate of drug-likeness (QED) is 0.518. The average molecular weight is 464 g/mol. The first kappa shape index (κ1) is 23.2. The lowest BCUT2D eigenvalue weighted by atomic mass is 10.1. The van der Waals surface area contributed by atoms with Gasteiger partial charge in [-0.1, -0.05) is 24.3 Å². The molecule has 1 amide bonds. The predicted molar refractivity (Wildman–Crippen MR) is 134 cm³/mol. The number of halogens is 1. The van der Waals surface area contributed by atoms with Crippen LogP contribution in [0.25, 0.3) is 10.9 Å². The van der Waals surface area contributed by atoms with E-state index in [9.17, 15) is 4.79 Å². The van der Waals surface area contributed by atoms with Crippen molar-refractivity contribution in [3.05, 3.63) is 65.9 Å². The molecule has 0 spiro atoms. The molecule has 0 N–H and O–H groups in total. The maximum atomic E-state index is 13.0. The maximum Gasteiger partial charge on any atom is 0.270 e. The van der Waals surface area contributed by atoms with Crippen LogP contribution in [0, 0.1) is 11.3 Å². The van der Waals surface area contributed by atoms with Crippen LogP contribution in [0.2, 0.25) is 0 Å². The number of rotatable bonds is 6. The zero-order valence-electron chi connectivity index (χ0n) is 18.8. The standard InChI is InChI=1S/C26H29N5O.ClH/c27-20-21-6-5-8-23(18-21)29-14-12-28(13-15-29)10-3-4-11-30-16-17-31-24-9-2-1-7-22(24)19-25(31)26(30)32;/h1-2,5-9,18-19H,3-4,10-17H2;1H. The molecule has 0 bridgehead atoms. The van der Waals surface area contributed by atoms with E-state index < -0.39 is 0 Å². The van der Waals surface area contributed by atoms with Crippen molar-refractivity contribution in [2.45, 2.75) is 19.4 Å². The zero-order chi connectivity index (χ0) is 21.9. The first-order valence-corrected chi connectivity index (χ1v) is 11.6. The Balaban J connectivity index is 0.00000259. The van der Waals surface area contributed by atoms with E-state index in [1.807, 2.05) is 41.3 Å². The molecule has 3 heterocycles. The van der Waals surface area contributed by atoms with Gasteiger partial charge in [0.2, 0.25) is 0 Å². The Morgan fingerprint density at radius 1 is 0.848 bits per heavy atom. The van der Waals surface area contributed by atoms with Crippen LogP contribution in [0.1, 0.15) is 28.9 Å². The van der Waals surface area contributed by atoms with Crippen LogP contribution in [0.15, 0.2) is 54.6 Å². The van der Waals surface area contributed by atoms with Gasteiger partial charge in [-0.15, -0.1) is 12.4 Å². The maximum absolute atomic E-state index is 13.0. The first-order chi connectivity index (χ1) is 15.7. The van der Waals surface area contributed by atoms with Gasteiger partial charge >= 0.3 is 0 Å². The summed E-state index contributed by atoms with van der Waals surface area (Å²) in [6.45, 7) is 7.65. The van der Waals surface area contributed by atoms with Crippen LogP contribution >= 0.6 is 12.4 Å². The Labute approximate surface area is 201 Å². The van der Waals surface area contributed by atoms with Gasteiger partial charge < -0.3 is 14.4 Å². The van der Waals surface area contributed by atoms with Gasteiger partial charge in [-0.25, -0.2) is 0 Å². The third kappa shape index (κ3) is 4.85. The number of carbonyl (C=O) groups excluding carboxylic acids is 1. The Bertz CT molecular complexity index is 1160. The van der Waals surface area contributed by atoms with Crippen molar-refractivity contribution < 1.29 is 4.79 Å². The van der Waals surface area contributed by atoms with E-state index in [4.69, 9.17) is 5.26 Å². The van der Waals surface area contributed by atoms with E-state index in [-0.39, 0.29) is 18.3 Å². The molecule has 33 heavy (non-hydrogen) atoms. The van der Waals surface area contributed by atoms with Gasteiger partial charge in [-0.3, -0.25) is 9.69 Å². The molecule has 1 fully saturated rings. The lowest BCUT2D eigenvalue weighted by molar-refractivity contribution is 0.0702. The second-order valence-corrected chi connectivity index (χ2v) is 8.73. The minimum Gasteiger partial charge on any atom is -0.369 e. The Hall–Kier alpha value is -3.01. The largest absolute Gasteiger partial charge is 0.369 e. The molecule has 3 aromatic rings. The minimum atomic E-state index is 0. The number of fused-ring (bicyclic) bond motifs is 3. The van der Waals surface area contributed by atoms with Gasteiger partial charge in [0.15, 0.2) is 0 Å². The van der Waals surface area contributed by atoms with Crippen LogP contribution in [-0.2, 0) is 6.54 Å². The topological polar surface area (TPSA) is 55.5 Å². The Morgan fingerprint density at radius 3 is 2.45 bits per heavy atom. The summed E-state index contributed by atoms with van der Waals surface area (Å²) in [4.78, 5) is 19.9. The van der Waals surface area contributed by atoms with E-state index in [0.29, 0.717) is 0 Å². The summed E-state index contributed by atoms with van der Waals surface area (Å²) in [6.07, 6.45) is 2.15. The predicted octanol–water partition coefficient (Wildman–Crippen LogP) is 3.99. The number of nitriles is 1. The normalized spacial score (nSPS) is 16.4. The van der Waals surface area contributed by atoms with Gasteiger partial charge in [0.25, 0.3) is 5.91 Å². The van der Waals surface area contributed by atoms with Crippen LogP contribution in [0.3, 0.4) is 0 Å². The molecular formula is C26H30ClN5O. The van der Waals surface area contributed by atoms with Gasteiger partial charge in [0.05, 0.1) is 11.6 Å². The van der Waals surface area contributed by atoms with E-state index in [0.717, 1.165) is 93.0 Å². The number of hydrogen-bond donors (Lipinski definition) is 0. The molecule has 0 radical (unpaired) electrons. The highest BCUT2D eigenvalue weighted by atomic mass is 35.5. The molecular weight excluding hydrogens is 434 g/mol. The third-order valence-corrected chi connectivity index (χ3v) is 6.78. The molecule has 0 saturated carbocycles. The lowest BCUT2D eigenvalue weighted by Crippen LogP contribution is -2.46. The van der Waals surface area contributed by atoms with Crippen molar-refractivity contribution in [2.75, 3.05) is 50.7 Å². The molecule has 0 aliphatic carbocycles. The summed E-state index contributed by atoms with van der Waals surface area (Å²) in [6, 6.07) is 20.4. The van der Waals surface area contributed by atoms with E-state index in [1.165, 1.54) is 0 Å². The summed E-state index contributed by atoms with van der Waals surface area (Å²) < 4.78 is 2.17. The summed E-state index contributed by atoms with van der Waals surface area (Å²) in [5, 5.41) is 10.3. The van der Waals surface area contributed by atoms with Gasteiger partial charge in [-0.05, 0) is 49.7 Å². The fraction of sp³-hybridized carbons (Fsp3) is 0.385. The highest BCUT2D eigenvalue weighted by Crippen LogP contribution is 2.24. The van der Waals surface area contributed by atoms with Crippen LogP contribution in [-0.4, -0.2) is 66.1 Å². The molecule has 1 saturated heterocycles. The molecule has 2 aromatic carbocycles. The molecule has 1 aromatic heterocycles. The highest BCUT2D eigenvalue weighted by Gasteiger charge is 2.26. The number of benzene rings is 2. The fourth-order valence-corrected chi connectivity index (χ4v) is 4.97. The first-order valence-electron chi connectivity index (χ1n) is 11.6. The number of carbonyl (C=O) groups is 1. The van der Waals surface area contributed by atoms with Gasteiger partial charge in [-0.2, -0.15) is 5.26 Å². The summed E-state index contributed by atoms with van der Waals surface area (Å²) in [5.41, 5.74) is 3.85. The number of anilines is 1. The molecule has 0 atom stereocenters. The summed E-state index contributed by atoms with van der Waals surface area (Å²) >= 11 is 0. The summed E-state index contributed by atoms with van der Waals surface area (Å²) in [7, 11) is 0. The van der Waals surface area contributed by atoms with Crippen LogP contribution in [0.5, 0.6) is 0 Å². The van der Waals surface area contributed by atoms with E-state index >= 15 is 0 Å². The van der Waals surface area contributed by atoms with Crippen molar-refractivity contribution in [3.63, 3.8) is 0 Å². The molecule has 172 valence electrons. The van der Waals surface area contributed by atoms with Crippen molar-refractivity contribution >= 4 is 34.9 Å². The summed E-state index contributed by atoms with van der Waals surface area (Å²) in [5.74, 6) is 0.167. The van der Waals surface area contributed by atoms with Gasteiger partial charge in [0.1, 0.15) is 5.69 Å². The zero-order valence-corrected chi connectivity index (χ0v) is 19.6. The van der Waals surface area contributed by atoms with Crippen molar-refractivity contribution in [1.82, 2.24) is 14.4 Å². The molecule has 2 aliphatic rings. The molecule has 7 heteroatoms. The van der Waals surface area contributed by atoms with Crippen molar-refractivity contribution in [2.24, 2.45) is 0 Å². The Morgan fingerprint density at radius 2 is 1.64 bits per heavy atom. The smallest absolute Gasteiger partial charge is 0.270 e. The number of amides is 1. The molecule has 2 aliphatic heterocycles. The van der Waals surface area contributed by atoms with Crippen LogP contribution in [0.4, 0.5) is 5.69 Å². The van der Waals surface area contributed by atoms with Gasteiger partial charge in [0, 0.05) is 62.4 Å². The second kappa shape index (κ2) is 10.3. The number of nitrogens with zero attached hydrogens (tertiary/aromatic N) is 5. The average Bonchev–Trinajstić information content (AvgIpc) is 3.23. The minimum absolute atomic E-state index is 0. The number of hydrogen-bond acceptors (Lipinski definition) is 4. The third-order valence-electron chi connectivity index (χ3n) is 6.78. The number of aromatic nitrogens is 1. The highest BCUT2D eigenvalue weighted by molar-refractivity contribution is 5.99. The van der Waals surface area contributed by atoms with Crippen molar-refractivity contribution in [3.8, 4) is 6.07 Å². The second-order valence-electron chi connectivity index (χ2n) is 8.73. The van der Waals surface area contributed by atoms with Crippen molar-refractivity contribution in [1.29, 1.82) is 5.26 Å². The molecule has 5 rings (SSSR count). The van der Waals surface area contributed by atoms with Crippen LogP contribution < -0.4 is 4.90 Å². The SMILES string of the molecule is Cl.N#Cc1cccc(N2CCN(CCCCN3CCn4c(cc5ccccc54)C3=O)CC2)c1. The number of piperazine rings is 1. The monoisotopic (exact) mass is 463 g/mol. The Kier molecular flexibility index (Phi) is 7.22. The van der Waals surface area contributed by atoms with E-state index in [2.05, 4.69) is 38.6 Å². The van der Waals surface area contributed by atoms with E-state index in [1.54, 1.807) is 0 Å². The number of unbranched alkanes of at least 4 members (excludes halogenated alkanes) is 1. The fourth-order valence-electron chi connectivity index (χ4n) is 4.97. The lowest BCUT2D eigenvalue weighted by Gasteiger charge is -2.36. The number of para-hydroxylation sites is 1. The molecule has 6 nitrogen and oxygen atoms in total.